The highest BCUT2D eigenvalue weighted by Gasteiger charge is 2.55. The Bertz CT molecular complexity index is 515. The van der Waals surface area contributed by atoms with Crippen LogP contribution in [0.25, 0.3) is 0 Å². The van der Waals surface area contributed by atoms with E-state index in [0.29, 0.717) is 18.4 Å². The highest BCUT2D eigenvalue weighted by molar-refractivity contribution is 5.74. The van der Waals surface area contributed by atoms with E-state index in [2.05, 4.69) is 29.6 Å². The number of nitrogens with zero attached hydrogens (tertiary/aromatic N) is 1. The van der Waals surface area contributed by atoms with Crippen molar-refractivity contribution in [3.63, 3.8) is 0 Å². The van der Waals surface area contributed by atoms with Gasteiger partial charge in [-0.1, -0.05) is 24.3 Å². The molecule has 20 heavy (non-hydrogen) atoms. The third-order valence-corrected chi connectivity index (χ3v) is 4.58. The fourth-order valence-electron chi connectivity index (χ4n) is 3.58. The largest absolute Gasteiger partial charge is 0.392 e. The summed E-state index contributed by atoms with van der Waals surface area (Å²) in [7, 11) is 1.71. The minimum absolute atomic E-state index is 0.0934. The lowest BCUT2D eigenvalue weighted by Crippen LogP contribution is -2.41. The number of rotatable bonds is 4. The summed E-state index contributed by atoms with van der Waals surface area (Å²) in [4.78, 5) is 13.4. The van der Waals surface area contributed by atoms with Gasteiger partial charge in [-0.05, 0) is 42.2 Å². The summed E-state index contributed by atoms with van der Waals surface area (Å²) in [6.07, 6.45) is 0.670. The second kappa shape index (κ2) is 5.09. The number of aliphatic hydroxyl groups excluding tert-OH is 1. The van der Waals surface area contributed by atoms with E-state index in [1.807, 2.05) is 0 Å². The summed E-state index contributed by atoms with van der Waals surface area (Å²) in [5.74, 6) is 1.96. The molecule has 1 aromatic carbocycles. The van der Waals surface area contributed by atoms with Crippen molar-refractivity contribution in [2.75, 3.05) is 20.1 Å². The first-order valence-corrected chi connectivity index (χ1v) is 7.32. The Morgan fingerprint density at radius 1 is 1.50 bits per heavy atom. The van der Waals surface area contributed by atoms with Crippen molar-refractivity contribution < 1.29 is 9.90 Å². The number of hydrogen-bond acceptors (Lipinski definition) is 2. The Morgan fingerprint density at radius 2 is 2.25 bits per heavy atom. The molecule has 4 atom stereocenters. The molecule has 0 spiro atoms. The van der Waals surface area contributed by atoms with Crippen LogP contribution in [0.1, 0.15) is 24.0 Å². The summed E-state index contributed by atoms with van der Waals surface area (Å²) < 4.78 is 0. The second-order valence-corrected chi connectivity index (χ2v) is 6.17. The van der Waals surface area contributed by atoms with E-state index in [1.165, 1.54) is 16.0 Å². The fraction of sp³-hybridized carbons (Fsp3) is 0.562. The van der Waals surface area contributed by atoms with E-state index >= 15 is 0 Å². The van der Waals surface area contributed by atoms with Gasteiger partial charge in [0.15, 0.2) is 0 Å². The molecule has 0 heterocycles. The van der Waals surface area contributed by atoms with Crippen LogP contribution in [0, 0.1) is 11.8 Å². The third kappa shape index (κ3) is 2.40. The van der Waals surface area contributed by atoms with Gasteiger partial charge in [0.1, 0.15) is 0 Å². The number of likely N-dealkylation sites (N-methyl/N-ethyl adjacent to an activating group) is 1. The quantitative estimate of drug-likeness (QED) is 0.876. The maximum absolute atomic E-state index is 11.9. The number of aliphatic hydroxyl groups is 1. The lowest BCUT2D eigenvalue weighted by molar-refractivity contribution is 0.143. The average Bonchev–Trinajstić information content (AvgIpc) is 2.94. The van der Waals surface area contributed by atoms with Crippen molar-refractivity contribution in [2.45, 2.75) is 25.4 Å². The van der Waals surface area contributed by atoms with E-state index in [0.717, 1.165) is 18.9 Å². The van der Waals surface area contributed by atoms with E-state index in [4.69, 9.17) is 0 Å². The molecule has 108 valence electrons. The molecule has 0 radical (unpaired) electrons. The van der Waals surface area contributed by atoms with Crippen LogP contribution < -0.4 is 5.32 Å². The predicted molar refractivity (Wildman–Crippen MR) is 77.6 cm³/mol. The van der Waals surface area contributed by atoms with E-state index < -0.39 is 6.10 Å². The van der Waals surface area contributed by atoms with Gasteiger partial charge in [0.25, 0.3) is 0 Å². The van der Waals surface area contributed by atoms with Gasteiger partial charge in [0.05, 0.1) is 6.10 Å². The second-order valence-electron chi connectivity index (χ2n) is 6.17. The van der Waals surface area contributed by atoms with Crippen molar-refractivity contribution in [1.29, 1.82) is 0 Å². The van der Waals surface area contributed by atoms with Gasteiger partial charge in [0, 0.05) is 20.1 Å². The topological polar surface area (TPSA) is 52.6 Å². The van der Waals surface area contributed by atoms with Gasteiger partial charge in [-0.2, -0.15) is 0 Å². The minimum atomic E-state index is -0.488. The Kier molecular flexibility index (Phi) is 3.42. The molecular formula is C16H22N2O2. The highest BCUT2D eigenvalue weighted by Crippen LogP contribution is 2.60. The number of benzene rings is 1. The summed E-state index contributed by atoms with van der Waals surface area (Å²) in [6, 6.07) is 8.55. The van der Waals surface area contributed by atoms with Crippen molar-refractivity contribution in [3.05, 3.63) is 35.4 Å². The van der Waals surface area contributed by atoms with Crippen LogP contribution >= 0.6 is 0 Å². The van der Waals surface area contributed by atoms with Gasteiger partial charge < -0.3 is 15.3 Å². The van der Waals surface area contributed by atoms with Crippen LogP contribution in [0.2, 0.25) is 0 Å². The molecule has 2 amide bonds. The van der Waals surface area contributed by atoms with E-state index in [1.54, 1.807) is 14.0 Å². The molecule has 4 heteroatoms. The van der Waals surface area contributed by atoms with Crippen LogP contribution in [-0.2, 0) is 6.42 Å². The standard InChI is InChI=1S/C16H22N2O2/c1-10(19)9-18(2)16(20)17-8-14-13-7-11-5-3-4-6-12(11)15(13)14/h3-6,10,13-15,19H,7-9H2,1-2H3,(H,17,20). The van der Waals surface area contributed by atoms with E-state index in [9.17, 15) is 9.90 Å². The van der Waals surface area contributed by atoms with Crippen molar-refractivity contribution in [2.24, 2.45) is 11.8 Å². The molecular weight excluding hydrogens is 252 g/mol. The first-order valence-electron chi connectivity index (χ1n) is 7.32. The smallest absolute Gasteiger partial charge is 0.317 e. The molecule has 2 N–H and O–H groups in total. The SMILES string of the molecule is CC(O)CN(C)C(=O)NCC1C2Cc3ccccc3C12. The van der Waals surface area contributed by atoms with Gasteiger partial charge in [-0.25, -0.2) is 4.79 Å². The zero-order chi connectivity index (χ0) is 14.3. The summed E-state index contributed by atoms with van der Waals surface area (Å²) in [5.41, 5.74) is 2.96. The molecule has 0 bridgehead atoms. The summed E-state index contributed by atoms with van der Waals surface area (Å²) in [5, 5.41) is 12.3. The lowest BCUT2D eigenvalue weighted by atomic mass is 10.0. The van der Waals surface area contributed by atoms with Crippen LogP contribution in [0.5, 0.6) is 0 Å². The molecule has 2 aliphatic carbocycles. The Hall–Kier alpha value is -1.55. The van der Waals surface area contributed by atoms with Crippen molar-refractivity contribution >= 4 is 6.03 Å². The molecule has 1 aromatic rings. The van der Waals surface area contributed by atoms with Gasteiger partial charge in [-0.3, -0.25) is 0 Å². The number of carbonyl (C=O) groups is 1. The van der Waals surface area contributed by atoms with Crippen molar-refractivity contribution in [1.82, 2.24) is 10.2 Å². The fourth-order valence-corrected chi connectivity index (χ4v) is 3.58. The Morgan fingerprint density at radius 3 is 3.00 bits per heavy atom. The van der Waals surface area contributed by atoms with Gasteiger partial charge in [-0.15, -0.1) is 0 Å². The van der Waals surface area contributed by atoms with Crippen molar-refractivity contribution in [3.8, 4) is 0 Å². The molecule has 1 saturated carbocycles. The maximum atomic E-state index is 11.9. The molecule has 4 nitrogen and oxygen atoms in total. The monoisotopic (exact) mass is 274 g/mol. The Balaban J connectivity index is 1.50. The summed E-state index contributed by atoms with van der Waals surface area (Å²) in [6.45, 7) is 2.80. The number of hydrogen-bond donors (Lipinski definition) is 2. The van der Waals surface area contributed by atoms with Crippen LogP contribution in [0.15, 0.2) is 24.3 Å². The molecule has 4 unspecified atom stereocenters. The van der Waals surface area contributed by atoms with Crippen LogP contribution in [-0.4, -0.2) is 42.3 Å². The Labute approximate surface area is 119 Å². The number of urea groups is 1. The third-order valence-electron chi connectivity index (χ3n) is 4.58. The number of carbonyl (C=O) groups excluding carboxylic acids is 1. The zero-order valence-corrected chi connectivity index (χ0v) is 12.0. The molecule has 1 fully saturated rings. The highest BCUT2D eigenvalue weighted by atomic mass is 16.3. The average molecular weight is 274 g/mol. The minimum Gasteiger partial charge on any atom is -0.392 e. The van der Waals surface area contributed by atoms with Crippen LogP contribution in [0.3, 0.4) is 0 Å². The van der Waals surface area contributed by atoms with E-state index in [-0.39, 0.29) is 6.03 Å². The summed E-state index contributed by atoms with van der Waals surface area (Å²) >= 11 is 0. The number of amides is 2. The molecule has 0 aromatic heterocycles. The molecule has 2 aliphatic rings. The van der Waals surface area contributed by atoms with Gasteiger partial charge >= 0.3 is 6.03 Å². The molecule has 0 aliphatic heterocycles. The van der Waals surface area contributed by atoms with Crippen LogP contribution in [0.4, 0.5) is 4.79 Å². The molecule has 0 saturated heterocycles. The first-order chi connectivity index (χ1) is 9.58. The first kappa shape index (κ1) is 13.4. The lowest BCUT2D eigenvalue weighted by Gasteiger charge is -2.19. The predicted octanol–water partition coefficient (Wildman–Crippen LogP) is 1.59. The van der Waals surface area contributed by atoms with Gasteiger partial charge in [0.2, 0.25) is 0 Å². The zero-order valence-electron chi connectivity index (χ0n) is 12.0. The molecule has 3 rings (SSSR count). The maximum Gasteiger partial charge on any atom is 0.317 e. The normalized spacial score (nSPS) is 27.4. The number of nitrogens with one attached hydrogen (secondary N) is 1. The number of fused-ring (bicyclic) bond motifs is 3.